The molecule has 0 aliphatic rings. The molecule has 0 spiro atoms. The first kappa shape index (κ1) is 13.7. The van der Waals surface area contributed by atoms with E-state index in [0.717, 1.165) is 15.9 Å². The molecule has 0 amide bonds. The molecule has 2 aromatic rings. The Kier molecular flexibility index (Phi) is 3.96. The first-order valence-electron chi connectivity index (χ1n) is 5.73. The average molecular weight is 325 g/mol. The highest BCUT2D eigenvalue weighted by molar-refractivity contribution is 9.10. The molecule has 1 aromatic carbocycles. The summed E-state index contributed by atoms with van der Waals surface area (Å²) in [6.07, 6.45) is 0.710. The van der Waals surface area contributed by atoms with E-state index in [4.69, 9.17) is 5.73 Å². The van der Waals surface area contributed by atoms with Crippen LogP contribution in [0, 0.1) is 17.0 Å². The molecule has 0 aliphatic carbocycles. The fourth-order valence-electron chi connectivity index (χ4n) is 1.87. The second-order valence-electron chi connectivity index (χ2n) is 4.08. The molecule has 2 rings (SSSR count). The molecule has 0 saturated heterocycles. The summed E-state index contributed by atoms with van der Waals surface area (Å²) in [5.74, 6) is 0. The highest BCUT2D eigenvalue weighted by Crippen LogP contribution is 2.25. The van der Waals surface area contributed by atoms with Gasteiger partial charge in [0, 0.05) is 17.7 Å². The fraction of sp³-hybridized carbons (Fsp3) is 0.250. The molecule has 1 heterocycles. The van der Waals surface area contributed by atoms with Crippen molar-refractivity contribution in [3.8, 4) is 5.69 Å². The van der Waals surface area contributed by atoms with E-state index in [2.05, 4.69) is 21.0 Å². The van der Waals surface area contributed by atoms with Crippen molar-refractivity contribution < 1.29 is 4.92 Å². The number of nitrogens with zero attached hydrogens (tertiary/aromatic N) is 3. The molecule has 0 atom stereocenters. The Morgan fingerprint density at radius 2 is 2.26 bits per heavy atom. The van der Waals surface area contributed by atoms with Crippen LogP contribution >= 0.6 is 15.9 Å². The maximum atomic E-state index is 10.8. The summed E-state index contributed by atoms with van der Waals surface area (Å²) < 4.78 is 2.43. The minimum atomic E-state index is -0.422. The molecular weight excluding hydrogens is 312 g/mol. The van der Waals surface area contributed by atoms with Gasteiger partial charge in [0.05, 0.1) is 16.3 Å². The van der Waals surface area contributed by atoms with Gasteiger partial charge in [-0.1, -0.05) is 6.07 Å². The van der Waals surface area contributed by atoms with Gasteiger partial charge in [0.15, 0.2) is 0 Å². The van der Waals surface area contributed by atoms with Crippen LogP contribution in [0.15, 0.2) is 28.9 Å². The maximum Gasteiger partial charge on any atom is 0.271 e. The van der Waals surface area contributed by atoms with Crippen molar-refractivity contribution in [3.05, 3.63) is 50.2 Å². The lowest BCUT2D eigenvalue weighted by molar-refractivity contribution is -0.384. The van der Waals surface area contributed by atoms with Gasteiger partial charge >= 0.3 is 0 Å². The molecule has 0 bridgehead atoms. The normalized spacial score (nSPS) is 10.7. The Morgan fingerprint density at radius 1 is 1.53 bits per heavy atom. The topological polar surface area (TPSA) is 87.0 Å². The van der Waals surface area contributed by atoms with E-state index in [9.17, 15) is 10.1 Å². The fourth-order valence-corrected chi connectivity index (χ4v) is 2.64. The highest BCUT2D eigenvalue weighted by atomic mass is 79.9. The Labute approximate surface area is 118 Å². The number of aromatic nitrogens is 2. The monoisotopic (exact) mass is 324 g/mol. The Balaban J connectivity index is 2.50. The van der Waals surface area contributed by atoms with E-state index in [0.29, 0.717) is 18.7 Å². The Morgan fingerprint density at radius 3 is 2.89 bits per heavy atom. The SMILES string of the molecule is Cc1nn(-c2cccc([N+](=O)[O-])c2)c(Br)c1CCN. The van der Waals surface area contributed by atoms with E-state index >= 15 is 0 Å². The molecule has 1 aromatic heterocycles. The lowest BCUT2D eigenvalue weighted by atomic mass is 10.2. The van der Waals surface area contributed by atoms with Crippen molar-refractivity contribution in [1.82, 2.24) is 9.78 Å². The van der Waals surface area contributed by atoms with Gasteiger partial charge in [0.2, 0.25) is 0 Å². The molecular formula is C12H13BrN4O2. The lowest BCUT2D eigenvalue weighted by Gasteiger charge is -2.03. The van der Waals surface area contributed by atoms with Crippen LogP contribution in [0.1, 0.15) is 11.3 Å². The van der Waals surface area contributed by atoms with Gasteiger partial charge < -0.3 is 5.73 Å². The number of aryl methyl sites for hydroxylation is 1. The van der Waals surface area contributed by atoms with Crippen molar-refractivity contribution >= 4 is 21.6 Å². The van der Waals surface area contributed by atoms with Crippen LogP contribution in [0.2, 0.25) is 0 Å². The highest BCUT2D eigenvalue weighted by Gasteiger charge is 2.15. The standard InChI is InChI=1S/C12H13BrN4O2/c1-8-11(5-6-14)12(13)16(15-8)9-3-2-4-10(7-9)17(18)19/h2-4,7H,5-6,14H2,1H3. The van der Waals surface area contributed by atoms with Gasteiger partial charge in [-0.25, -0.2) is 4.68 Å². The molecule has 0 saturated carbocycles. The smallest absolute Gasteiger partial charge is 0.271 e. The van der Waals surface area contributed by atoms with Crippen molar-refractivity contribution in [2.75, 3.05) is 6.54 Å². The summed E-state index contributed by atoms with van der Waals surface area (Å²) in [5, 5.41) is 15.2. The number of nitrogens with two attached hydrogens (primary N) is 1. The van der Waals surface area contributed by atoms with Crippen LogP contribution in [0.3, 0.4) is 0 Å². The summed E-state index contributed by atoms with van der Waals surface area (Å²) in [6.45, 7) is 2.42. The number of non-ortho nitro benzene ring substituents is 1. The number of hydrogen-bond donors (Lipinski definition) is 1. The van der Waals surface area contributed by atoms with Crippen LogP contribution in [0.25, 0.3) is 5.69 Å². The van der Waals surface area contributed by atoms with E-state index in [1.54, 1.807) is 16.8 Å². The van der Waals surface area contributed by atoms with Crippen LogP contribution < -0.4 is 5.73 Å². The summed E-state index contributed by atoms with van der Waals surface area (Å²) >= 11 is 3.48. The number of rotatable bonds is 4. The first-order valence-corrected chi connectivity index (χ1v) is 6.52. The summed E-state index contributed by atoms with van der Waals surface area (Å²) in [6, 6.07) is 6.36. The second kappa shape index (κ2) is 5.50. The zero-order chi connectivity index (χ0) is 14.0. The minimum Gasteiger partial charge on any atom is -0.330 e. The van der Waals surface area contributed by atoms with Gasteiger partial charge in [-0.2, -0.15) is 5.10 Å². The molecule has 0 unspecified atom stereocenters. The van der Waals surface area contributed by atoms with E-state index in [1.165, 1.54) is 12.1 Å². The Bertz CT molecular complexity index is 624. The number of nitro benzene ring substituents is 1. The number of hydrogen-bond acceptors (Lipinski definition) is 4. The molecule has 0 radical (unpaired) electrons. The van der Waals surface area contributed by atoms with Gasteiger partial charge in [-0.15, -0.1) is 0 Å². The largest absolute Gasteiger partial charge is 0.330 e. The first-order chi connectivity index (χ1) is 9.04. The summed E-state index contributed by atoms with van der Waals surface area (Å²) in [7, 11) is 0. The van der Waals surface area contributed by atoms with Crippen LogP contribution in [-0.4, -0.2) is 21.2 Å². The zero-order valence-corrected chi connectivity index (χ0v) is 11.9. The molecule has 19 heavy (non-hydrogen) atoms. The van der Waals surface area contributed by atoms with Crippen molar-refractivity contribution in [2.45, 2.75) is 13.3 Å². The molecule has 0 aliphatic heterocycles. The van der Waals surface area contributed by atoms with Crippen molar-refractivity contribution in [2.24, 2.45) is 5.73 Å². The summed E-state index contributed by atoms with van der Waals surface area (Å²) in [4.78, 5) is 10.4. The third-order valence-corrected chi connectivity index (χ3v) is 3.62. The number of benzene rings is 1. The van der Waals surface area contributed by atoms with Crippen molar-refractivity contribution in [1.29, 1.82) is 0 Å². The van der Waals surface area contributed by atoms with Gasteiger partial charge in [-0.3, -0.25) is 10.1 Å². The third-order valence-electron chi connectivity index (χ3n) is 2.80. The maximum absolute atomic E-state index is 10.8. The lowest BCUT2D eigenvalue weighted by Crippen LogP contribution is -2.03. The van der Waals surface area contributed by atoms with Crippen LogP contribution in [0.4, 0.5) is 5.69 Å². The van der Waals surface area contributed by atoms with E-state index < -0.39 is 4.92 Å². The molecule has 7 heteroatoms. The molecule has 0 fully saturated rings. The zero-order valence-electron chi connectivity index (χ0n) is 10.3. The third kappa shape index (κ3) is 2.66. The Hall–Kier alpha value is -1.73. The van der Waals surface area contributed by atoms with Crippen LogP contribution in [0.5, 0.6) is 0 Å². The average Bonchev–Trinajstić information content (AvgIpc) is 2.67. The van der Waals surface area contributed by atoms with Gasteiger partial charge in [-0.05, 0) is 41.9 Å². The predicted molar refractivity (Wildman–Crippen MR) is 75.4 cm³/mol. The van der Waals surface area contributed by atoms with Crippen LogP contribution in [-0.2, 0) is 6.42 Å². The van der Waals surface area contributed by atoms with Crippen molar-refractivity contribution in [3.63, 3.8) is 0 Å². The predicted octanol–water partition coefficient (Wildman–Crippen LogP) is 2.35. The minimum absolute atomic E-state index is 0.0397. The number of halogens is 1. The van der Waals surface area contributed by atoms with E-state index in [1.807, 2.05) is 6.92 Å². The quantitative estimate of drug-likeness (QED) is 0.690. The molecule has 100 valence electrons. The summed E-state index contributed by atoms with van der Waals surface area (Å²) in [5.41, 5.74) is 8.14. The molecule has 2 N–H and O–H groups in total. The number of nitro groups is 1. The van der Waals surface area contributed by atoms with Gasteiger partial charge in [0.25, 0.3) is 5.69 Å². The molecule has 6 nitrogen and oxygen atoms in total. The van der Waals surface area contributed by atoms with E-state index in [-0.39, 0.29) is 5.69 Å². The second-order valence-corrected chi connectivity index (χ2v) is 4.83. The van der Waals surface area contributed by atoms with Gasteiger partial charge in [0.1, 0.15) is 4.60 Å².